The Bertz CT molecular complexity index is 631. The molecule has 2 aromatic heterocycles. The van der Waals surface area contributed by atoms with Crippen LogP contribution in [0.25, 0.3) is 0 Å². The maximum Gasteiger partial charge on any atom is 0.240 e. The van der Waals surface area contributed by atoms with Crippen molar-refractivity contribution in [3.63, 3.8) is 0 Å². The van der Waals surface area contributed by atoms with E-state index in [1.54, 1.807) is 0 Å². The van der Waals surface area contributed by atoms with E-state index in [0.29, 0.717) is 24.3 Å². The predicted octanol–water partition coefficient (Wildman–Crippen LogP) is 1.22. The zero-order chi connectivity index (χ0) is 15.0. The van der Waals surface area contributed by atoms with Gasteiger partial charge in [-0.15, -0.1) is 0 Å². The Morgan fingerprint density at radius 3 is 2.81 bits per heavy atom. The molecule has 1 saturated heterocycles. The summed E-state index contributed by atoms with van der Waals surface area (Å²) in [4.78, 5) is 6.71. The third-order valence-electron chi connectivity index (χ3n) is 4.29. The first-order chi connectivity index (χ1) is 10.1. The number of rotatable bonds is 4. The molecule has 1 atom stereocenters. The molecule has 0 saturated carbocycles. The van der Waals surface area contributed by atoms with E-state index in [1.165, 1.54) is 17.7 Å². The second-order valence-electron chi connectivity index (χ2n) is 5.65. The van der Waals surface area contributed by atoms with Crippen molar-refractivity contribution in [1.29, 1.82) is 0 Å². The monoisotopic (exact) mass is 290 g/mol. The van der Waals surface area contributed by atoms with Crippen LogP contribution in [-0.4, -0.2) is 31.4 Å². The van der Waals surface area contributed by atoms with Gasteiger partial charge >= 0.3 is 0 Å². The highest BCUT2D eigenvalue weighted by Crippen LogP contribution is 2.35. The number of nitrogens with zero attached hydrogens (tertiary/aromatic N) is 5. The number of hydrogen-bond donors (Lipinski definition) is 1. The van der Waals surface area contributed by atoms with Crippen molar-refractivity contribution < 1.29 is 4.52 Å². The molecule has 114 valence electrons. The fourth-order valence-corrected chi connectivity index (χ4v) is 3.23. The quantitative estimate of drug-likeness (QED) is 0.911. The molecule has 0 amide bonds. The second kappa shape index (κ2) is 5.57. The summed E-state index contributed by atoms with van der Waals surface area (Å²) in [6, 6.07) is 0.388. The van der Waals surface area contributed by atoms with Gasteiger partial charge in [0, 0.05) is 24.3 Å². The summed E-state index contributed by atoms with van der Waals surface area (Å²) >= 11 is 0. The highest BCUT2D eigenvalue weighted by molar-refractivity contribution is 5.29. The van der Waals surface area contributed by atoms with Crippen LogP contribution in [0.15, 0.2) is 4.52 Å². The van der Waals surface area contributed by atoms with Crippen LogP contribution >= 0.6 is 0 Å². The zero-order valence-corrected chi connectivity index (χ0v) is 12.8. The fraction of sp³-hybridized carbons (Fsp3) is 0.643. The molecule has 1 fully saturated rings. The van der Waals surface area contributed by atoms with Crippen LogP contribution in [0, 0.1) is 13.8 Å². The van der Waals surface area contributed by atoms with Gasteiger partial charge in [-0.3, -0.25) is 9.58 Å². The van der Waals surface area contributed by atoms with Crippen molar-refractivity contribution in [1.82, 2.24) is 24.8 Å². The van der Waals surface area contributed by atoms with Crippen molar-refractivity contribution in [3.8, 4) is 0 Å². The largest absolute Gasteiger partial charge is 0.338 e. The zero-order valence-electron chi connectivity index (χ0n) is 12.8. The molecule has 7 nitrogen and oxygen atoms in total. The second-order valence-corrected chi connectivity index (χ2v) is 5.65. The smallest absolute Gasteiger partial charge is 0.240 e. The molecule has 3 rings (SSSR count). The minimum Gasteiger partial charge on any atom is -0.338 e. The predicted molar refractivity (Wildman–Crippen MR) is 77.3 cm³/mol. The fourth-order valence-electron chi connectivity index (χ4n) is 3.23. The van der Waals surface area contributed by atoms with Gasteiger partial charge in [0.2, 0.25) is 5.89 Å². The Morgan fingerprint density at radius 1 is 1.38 bits per heavy atom. The van der Waals surface area contributed by atoms with Crippen molar-refractivity contribution in [2.45, 2.75) is 45.8 Å². The van der Waals surface area contributed by atoms with Crippen LogP contribution in [0.1, 0.15) is 47.5 Å². The topological polar surface area (TPSA) is 86.0 Å². The van der Waals surface area contributed by atoms with Crippen LogP contribution in [0.4, 0.5) is 0 Å². The molecule has 0 bridgehead atoms. The average Bonchev–Trinajstić information content (AvgIpc) is 3.13. The minimum absolute atomic E-state index is 0.289. The Balaban J connectivity index is 1.82. The normalized spacial score (nSPS) is 19.5. The Labute approximate surface area is 124 Å². The molecule has 3 heterocycles. The number of nitrogens with two attached hydrogens (primary N) is 1. The summed E-state index contributed by atoms with van der Waals surface area (Å²) in [5.41, 5.74) is 9.21. The van der Waals surface area contributed by atoms with Crippen LogP contribution in [0.5, 0.6) is 0 Å². The molecule has 1 unspecified atom stereocenters. The number of likely N-dealkylation sites (tertiary alicyclic amines) is 1. The first-order valence-electron chi connectivity index (χ1n) is 7.35. The molecular weight excluding hydrogens is 268 g/mol. The molecule has 7 heteroatoms. The van der Waals surface area contributed by atoms with Crippen molar-refractivity contribution in [2.75, 3.05) is 6.54 Å². The van der Waals surface area contributed by atoms with Gasteiger partial charge in [-0.1, -0.05) is 5.16 Å². The Morgan fingerprint density at radius 2 is 2.19 bits per heavy atom. The summed E-state index contributed by atoms with van der Waals surface area (Å²) in [5, 5.41) is 8.54. The van der Waals surface area contributed by atoms with Gasteiger partial charge in [-0.25, -0.2) is 0 Å². The maximum absolute atomic E-state index is 5.51. The van der Waals surface area contributed by atoms with Gasteiger partial charge in [0.1, 0.15) is 0 Å². The summed E-state index contributed by atoms with van der Waals surface area (Å²) in [6.07, 6.45) is 2.33. The van der Waals surface area contributed by atoms with E-state index in [0.717, 1.165) is 18.7 Å². The molecule has 1 aliphatic rings. The van der Waals surface area contributed by atoms with E-state index < -0.39 is 0 Å². The van der Waals surface area contributed by atoms with E-state index in [-0.39, 0.29) is 6.54 Å². The van der Waals surface area contributed by atoms with Crippen LogP contribution in [0.3, 0.4) is 0 Å². The van der Waals surface area contributed by atoms with Gasteiger partial charge < -0.3 is 10.3 Å². The first kappa shape index (κ1) is 14.2. The van der Waals surface area contributed by atoms with E-state index in [2.05, 4.69) is 34.0 Å². The molecule has 2 N–H and O–H groups in total. The van der Waals surface area contributed by atoms with Crippen LogP contribution < -0.4 is 5.73 Å². The maximum atomic E-state index is 5.51. The SMILES string of the molecule is Cc1nn(C)c(C)c1C1CCCN1Cc1noc(CN)n1. The lowest BCUT2D eigenvalue weighted by Gasteiger charge is -2.23. The number of aromatic nitrogens is 4. The number of hydrogen-bond acceptors (Lipinski definition) is 6. The molecule has 0 radical (unpaired) electrons. The molecular formula is C14H22N6O. The molecule has 1 aliphatic heterocycles. The van der Waals surface area contributed by atoms with E-state index in [1.807, 2.05) is 11.7 Å². The molecule has 2 aromatic rings. The van der Waals surface area contributed by atoms with Gasteiger partial charge in [0.25, 0.3) is 0 Å². The van der Waals surface area contributed by atoms with Crippen molar-refractivity contribution >= 4 is 0 Å². The lowest BCUT2D eigenvalue weighted by molar-refractivity contribution is 0.236. The Kier molecular flexibility index (Phi) is 3.77. The highest BCUT2D eigenvalue weighted by atomic mass is 16.5. The van der Waals surface area contributed by atoms with E-state index in [4.69, 9.17) is 10.3 Å². The summed E-state index contributed by atoms with van der Waals surface area (Å²) in [6.45, 7) is 6.25. The van der Waals surface area contributed by atoms with Crippen molar-refractivity contribution in [3.05, 3.63) is 28.7 Å². The minimum atomic E-state index is 0.289. The van der Waals surface area contributed by atoms with Crippen LogP contribution in [0.2, 0.25) is 0 Å². The van der Waals surface area contributed by atoms with Gasteiger partial charge in [-0.2, -0.15) is 10.1 Å². The summed E-state index contributed by atoms with van der Waals surface area (Å²) in [5.74, 6) is 1.20. The van der Waals surface area contributed by atoms with Crippen molar-refractivity contribution in [2.24, 2.45) is 12.8 Å². The standard InChI is InChI=1S/C14H22N6O/c1-9-14(10(2)19(3)17-9)11-5-4-6-20(11)8-12-16-13(7-15)21-18-12/h11H,4-8,15H2,1-3H3. The molecule has 0 aliphatic carbocycles. The third kappa shape index (κ3) is 2.58. The van der Waals surface area contributed by atoms with Gasteiger partial charge in [-0.05, 0) is 33.2 Å². The summed E-state index contributed by atoms with van der Waals surface area (Å²) in [7, 11) is 2.00. The van der Waals surface area contributed by atoms with Gasteiger partial charge in [0.15, 0.2) is 5.82 Å². The lowest BCUT2D eigenvalue weighted by atomic mass is 10.0. The van der Waals surface area contributed by atoms with Gasteiger partial charge in [0.05, 0.1) is 18.8 Å². The third-order valence-corrected chi connectivity index (χ3v) is 4.29. The first-order valence-corrected chi connectivity index (χ1v) is 7.35. The Hall–Kier alpha value is -1.73. The van der Waals surface area contributed by atoms with Crippen LogP contribution in [-0.2, 0) is 20.1 Å². The van der Waals surface area contributed by atoms with E-state index in [9.17, 15) is 0 Å². The lowest BCUT2D eigenvalue weighted by Crippen LogP contribution is -2.24. The molecule has 0 aromatic carbocycles. The molecule has 21 heavy (non-hydrogen) atoms. The molecule has 0 spiro atoms. The number of aryl methyl sites for hydroxylation is 2. The average molecular weight is 290 g/mol. The highest BCUT2D eigenvalue weighted by Gasteiger charge is 2.31. The summed E-state index contributed by atoms with van der Waals surface area (Å²) < 4.78 is 7.05. The van der Waals surface area contributed by atoms with E-state index >= 15 is 0 Å².